The van der Waals surface area contributed by atoms with Gasteiger partial charge in [-0.05, 0) is 62.2 Å². The number of anilines is 2. The molecule has 1 aliphatic carbocycles. The highest BCUT2D eigenvalue weighted by molar-refractivity contribution is 6.34. The Morgan fingerprint density at radius 3 is 2.38 bits per heavy atom. The number of nitrogens with zero attached hydrogens (tertiary/aromatic N) is 1. The Hall–Kier alpha value is -3.13. The lowest BCUT2D eigenvalue weighted by Gasteiger charge is -2.18. The minimum Gasteiger partial charge on any atom is -0.321 e. The lowest BCUT2D eigenvalue weighted by Crippen LogP contribution is -2.30. The van der Waals surface area contributed by atoms with E-state index >= 15 is 0 Å². The summed E-state index contributed by atoms with van der Waals surface area (Å²) in [4.78, 5) is 39.2. The van der Waals surface area contributed by atoms with Crippen LogP contribution in [-0.2, 0) is 15.8 Å². The molecule has 0 saturated carbocycles. The Morgan fingerprint density at radius 1 is 1.06 bits per heavy atom. The fourth-order valence-electron chi connectivity index (χ4n) is 4.05. The number of carbonyl (C=O) groups excluding carboxylic acids is 3. The van der Waals surface area contributed by atoms with Crippen molar-refractivity contribution in [3.63, 3.8) is 0 Å². The molecule has 2 aromatic carbocycles. The fourth-order valence-corrected chi connectivity index (χ4v) is 4.21. The van der Waals surface area contributed by atoms with Crippen molar-refractivity contribution in [1.29, 1.82) is 0 Å². The molecule has 4 rings (SSSR count). The molecule has 32 heavy (non-hydrogen) atoms. The molecule has 1 N–H and O–H groups in total. The maximum Gasteiger partial charge on any atom is 0.416 e. The van der Waals surface area contributed by atoms with Crippen LogP contribution in [0.25, 0.3) is 0 Å². The van der Waals surface area contributed by atoms with Gasteiger partial charge in [0.25, 0.3) is 5.91 Å². The van der Waals surface area contributed by atoms with Crippen LogP contribution in [0.1, 0.15) is 35.7 Å². The maximum atomic E-state index is 12.9. The van der Waals surface area contributed by atoms with Crippen LogP contribution < -0.4 is 10.2 Å². The number of nitrogens with one attached hydrogen (secondary N) is 1. The van der Waals surface area contributed by atoms with Crippen molar-refractivity contribution >= 4 is 40.7 Å². The van der Waals surface area contributed by atoms with Crippen molar-refractivity contribution in [2.75, 3.05) is 10.2 Å². The molecule has 0 radical (unpaired) electrons. The molecule has 1 heterocycles. The molecule has 0 spiro atoms. The Bertz CT molecular complexity index is 1140. The SMILES string of the molecule is CC1=CC[C@@H]2C(=O)N(c3ccc(C(=O)Nc4cc(C(F)(F)F)ccc4Cl)cc3)C(=O)[C@@H]2C1. The summed E-state index contributed by atoms with van der Waals surface area (Å²) in [5.41, 5.74) is 0.448. The average molecular weight is 463 g/mol. The van der Waals surface area contributed by atoms with E-state index in [2.05, 4.69) is 5.32 Å². The summed E-state index contributed by atoms with van der Waals surface area (Å²) in [6.45, 7) is 1.93. The number of halogens is 4. The minimum atomic E-state index is -4.58. The molecule has 166 valence electrons. The first-order valence-corrected chi connectivity index (χ1v) is 10.3. The van der Waals surface area contributed by atoms with Crippen molar-refractivity contribution < 1.29 is 27.6 Å². The van der Waals surface area contributed by atoms with Crippen LogP contribution in [0.5, 0.6) is 0 Å². The van der Waals surface area contributed by atoms with E-state index in [0.29, 0.717) is 18.5 Å². The van der Waals surface area contributed by atoms with Gasteiger partial charge in [-0.3, -0.25) is 19.3 Å². The molecule has 3 amide bonds. The van der Waals surface area contributed by atoms with E-state index in [1.54, 1.807) is 0 Å². The maximum absolute atomic E-state index is 12.9. The Balaban J connectivity index is 1.52. The molecule has 0 unspecified atom stereocenters. The number of imide groups is 1. The molecule has 5 nitrogen and oxygen atoms in total. The minimum absolute atomic E-state index is 0.0391. The number of benzene rings is 2. The summed E-state index contributed by atoms with van der Waals surface area (Å²) in [6, 6.07) is 8.38. The first kappa shape index (κ1) is 22.1. The van der Waals surface area contributed by atoms with Crippen LogP contribution in [0.15, 0.2) is 54.1 Å². The average Bonchev–Trinajstić information content (AvgIpc) is 2.98. The molecule has 2 atom stereocenters. The van der Waals surface area contributed by atoms with Crippen molar-refractivity contribution in [2.24, 2.45) is 11.8 Å². The Labute approximate surface area is 186 Å². The molecule has 0 bridgehead atoms. The Kier molecular flexibility index (Phi) is 5.58. The summed E-state index contributed by atoms with van der Waals surface area (Å²) in [5, 5.41) is 2.33. The number of hydrogen-bond donors (Lipinski definition) is 1. The number of amides is 3. The lowest BCUT2D eigenvalue weighted by atomic mass is 9.82. The van der Waals surface area contributed by atoms with Gasteiger partial charge in [0.15, 0.2) is 0 Å². The monoisotopic (exact) mass is 462 g/mol. The second-order valence-electron chi connectivity index (χ2n) is 7.91. The number of fused-ring (bicyclic) bond motifs is 1. The van der Waals surface area contributed by atoms with Crippen molar-refractivity contribution in [1.82, 2.24) is 0 Å². The van der Waals surface area contributed by atoms with Gasteiger partial charge in [0.1, 0.15) is 0 Å². The second kappa shape index (κ2) is 8.09. The van der Waals surface area contributed by atoms with Gasteiger partial charge >= 0.3 is 6.18 Å². The highest BCUT2D eigenvalue weighted by Gasteiger charge is 2.48. The van der Waals surface area contributed by atoms with Gasteiger partial charge in [0, 0.05) is 5.56 Å². The van der Waals surface area contributed by atoms with Crippen LogP contribution in [0.4, 0.5) is 24.5 Å². The number of rotatable bonds is 3. The van der Waals surface area contributed by atoms with Gasteiger partial charge in [0.2, 0.25) is 11.8 Å². The number of carbonyl (C=O) groups is 3. The Morgan fingerprint density at radius 2 is 1.72 bits per heavy atom. The predicted molar refractivity (Wildman–Crippen MR) is 113 cm³/mol. The topological polar surface area (TPSA) is 66.5 Å². The van der Waals surface area contributed by atoms with Crippen LogP contribution >= 0.6 is 11.6 Å². The molecule has 1 aliphatic heterocycles. The molecule has 0 aromatic heterocycles. The van der Waals surface area contributed by atoms with Gasteiger partial charge in [-0.1, -0.05) is 23.3 Å². The lowest BCUT2D eigenvalue weighted by molar-refractivity contribution is -0.137. The highest BCUT2D eigenvalue weighted by atomic mass is 35.5. The van der Waals surface area contributed by atoms with Crippen LogP contribution in [0.3, 0.4) is 0 Å². The zero-order valence-corrected chi connectivity index (χ0v) is 17.6. The highest BCUT2D eigenvalue weighted by Crippen LogP contribution is 2.40. The van der Waals surface area contributed by atoms with Crippen molar-refractivity contribution in [3.8, 4) is 0 Å². The number of alkyl halides is 3. The third-order valence-corrected chi connectivity index (χ3v) is 6.08. The summed E-state index contributed by atoms with van der Waals surface area (Å²) in [7, 11) is 0. The van der Waals surface area contributed by atoms with Gasteiger partial charge in [-0.15, -0.1) is 0 Å². The number of hydrogen-bond acceptors (Lipinski definition) is 3. The quantitative estimate of drug-likeness (QED) is 0.486. The molecular formula is C23H18ClF3N2O3. The van der Waals surface area contributed by atoms with E-state index in [-0.39, 0.29) is 39.9 Å². The summed E-state index contributed by atoms with van der Waals surface area (Å²) < 4.78 is 38.8. The van der Waals surface area contributed by atoms with Crippen LogP contribution in [0, 0.1) is 11.8 Å². The number of allylic oxidation sites excluding steroid dienone is 2. The van der Waals surface area contributed by atoms with Gasteiger partial charge in [-0.2, -0.15) is 13.2 Å². The molecular weight excluding hydrogens is 445 g/mol. The summed E-state index contributed by atoms with van der Waals surface area (Å²) in [6.07, 6.45) is -1.53. The first-order valence-electron chi connectivity index (χ1n) is 9.88. The van der Waals surface area contributed by atoms with Gasteiger partial charge < -0.3 is 5.32 Å². The molecule has 1 saturated heterocycles. The molecule has 2 aromatic rings. The van der Waals surface area contributed by atoms with Gasteiger partial charge in [0.05, 0.1) is 33.8 Å². The van der Waals surface area contributed by atoms with Crippen LogP contribution in [0.2, 0.25) is 5.02 Å². The third kappa shape index (κ3) is 4.02. The summed E-state index contributed by atoms with van der Waals surface area (Å²) >= 11 is 5.92. The van der Waals surface area contributed by atoms with E-state index in [1.807, 2.05) is 13.0 Å². The van der Waals surface area contributed by atoms with E-state index in [0.717, 1.165) is 28.7 Å². The van der Waals surface area contributed by atoms with Crippen LogP contribution in [-0.4, -0.2) is 17.7 Å². The van der Waals surface area contributed by atoms with E-state index in [1.165, 1.54) is 24.3 Å². The molecule has 2 aliphatic rings. The van der Waals surface area contributed by atoms with Gasteiger partial charge in [-0.25, -0.2) is 0 Å². The second-order valence-corrected chi connectivity index (χ2v) is 8.32. The zero-order chi connectivity index (χ0) is 23.2. The molecule has 9 heteroatoms. The standard InChI is InChI=1S/C23H18ClF3N2O3/c1-12-2-8-16-17(10-12)22(32)29(21(16)31)15-6-3-13(4-7-15)20(30)28-19-11-14(23(25,26)27)5-9-18(19)24/h2-7,9,11,16-17H,8,10H2,1H3,(H,28,30)/t16-,17+/m0/s1. The predicted octanol–water partition coefficient (Wildman–Crippen LogP) is 5.46. The van der Waals surface area contributed by atoms with E-state index in [4.69, 9.17) is 11.6 Å². The third-order valence-electron chi connectivity index (χ3n) is 5.75. The van der Waals surface area contributed by atoms with Crippen molar-refractivity contribution in [3.05, 3.63) is 70.3 Å². The van der Waals surface area contributed by atoms with Crippen molar-refractivity contribution in [2.45, 2.75) is 25.9 Å². The summed E-state index contributed by atoms with van der Waals surface area (Å²) in [5.74, 6) is -1.96. The largest absolute Gasteiger partial charge is 0.416 e. The fraction of sp³-hybridized carbons (Fsp3) is 0.261. The normalized spacial score (nSPS) is 20.8. The molecule has 1 fully saturated rings. The van der Waals surface area contributed by atoms with E-state index in [9.17, 15) is 27.6 Å². The first-order chi connectivity index (χ1) is 15.1. The smallest absolute Gasteiger partial charge is 0.321 e. The van der Waals surface area contributed by atoms with E-state index < -0.39 is 17.6 Å². The zero-order valence-electron chi connectivity index (χ0n) is 16.9.